The normalized spacial score (nSPS) is 15.4. The molecule has 0 saturated heterocycles. The van der Waals surface area contributed by atoms with Crippen LogP contribution in [0.25, 0.3) is 0 Å². The number of guanidine groups is 1. The smallest absolute Gasteiger partial charge is 0.191 e. The third-order valence-corrected chi connectivity index (χ3v) is 5.56. The fraction of sp³-hybridized carbons (Fsp3) is 0.571. The average molecular weight is 384 g/mol. The van der Waals surface area contributed by atoms with Crippen LogP contribution >= 0.6 is 0 Å². The van der Waals surface area contributed by atoms with Crippen LogP contribution in [0, 0.1) is 0 Å². The van der Waals surface area contributed by atoms with Crippen molar-refractivity contribution in [3.05, 3.63) is 47.5 Å². The number of aliphatic imine (C=N–C) groups is 1. The van der Waals surface area contributed by atoms with E-state index in [4.69, 9.17) is 0 Å². The summed E-state index contributed by atoms with van der Waals surface area (Å²) in [6.45, 7) is 11.2. The molecule has 0 radical (unpaired) electrons. The van der Waals surface area contributed by atoms with E-state index in [0.29, 0.717) is 0 Å². The molecule has 0 unspecified atom stereocenters. The lowest BCUT2D eigenvalue weighted by Crippen LogP contribution is -2.54. The molecule has 28 heavy (non-hydrogen) atoms. The summed E-state index contributed by atoms with van der Waals surface area (Å²) in [6.07, 6.45) is 3.79. The van der Waals surface area contributed by atoms with Gasteiger partial charge in [0, 0.05) is 51.7 Å². The molecular formula is C21H33N7. The van der Waals surface area contributed by atoms with Crippen molar-refractivity contribution >= 4 is 5.96 Å². The molecule has 0 aliphatic carbocycles. The zero-order valence-electron chi connectivity index (χ0n) is 17.6. The Kier molecular flexibility index (Phi) is 6.67. The number of benzene rings is 1. The molecule has 1 aliphatic rings. The maximum Gasteiger partial charge on any atom is 0.191 e. The SMILES string of the molecule is CCc1nncn1CCNC(=NC)NCC(C)(C)N1CCc2ccccc2C1. The standard InChI is InChI=1S/C21H33N7/c1-5-19-26-25-16-27(19)13-11-23-20(22-4)24-15-21(2,3)28-12-10-17-8-6-7-9-18(17)14-28/h6-9,16H,5,10-15H2,1-4H3,(H2,22,23,24). The molecule has 3 rings (SSSR count). The van der Waals surface area contributed by atoms with E-state index in [2.05, 4.69) is 80.3 Å². The summed E-state index contributed by atoms with van der Waals surface area (Å²) >= 11 is 0. The molecule has 2 aromatic rings. The Hall–Kier alpha value is -2.41. The maximum absolute atomic E-state index is 4.37. The van der Waals surface area contributed by atoms with Crippen LogP contribution < -0.4 is 10.6 Å². The van der Waals surface area contributed by atoms with Gasteiger partial charge < -0.3 is 15.2 Å². The van der Waals surface area contributed by atoms with Crippen LogP contribution in [-0.2, 0) is 25.9 Å². The van der Waals surface area contributed by atoms with Crippen molar-refractivity contribution in [3.63, 3.8) is 0 Å². The minimum absolute atomic E-state index is 0.0365. The maximum atomic E-state index is 4.37. The molecule has 7 nitrogen and oxygen atoms in total. The van der Waals surface area contributed by atoms with E-state index in [0.717, 1.165) is 57.3 Å². The predicted octanol–water partition coefficient (Wildman–Crippen LogP) is 1.84. The van der Waals surface area contributed by atoms with Crippen LogP contribution in [0.1, 0.15) is 37.7 Å². The van der Waals surface area contributed by atoms with Crippen molar-refractivity contribution in [1.29, 1.82) is 0 Å². The molecule has 0 bridgehead atoms. The number of aromatic nitrogens is 3. The van der Waals surface area contributed by atoms with Gasteiger partial charge in [-0.25, -0.2) is 0 Å². The first-order valence-electron chi connectivity index (χ1n) is 10.2. The molecule has 1 aliphatic heterocycles. The highest BCUT2D eigenvalue weighted by Crippen LogP contribution is 2.24. The first kappa shape index (κ1) is 20.3. The highest BCUT2D eigenvalue weighted by atomic mass is 15.3. The Morgan fingerprint density at radius 3 is 2.75 bits per heavy atom. The Balaban J connectivity index is 1.48. The van der Waals surface area contributed by atoms with Gasteiger partial charge in [-0.15, -0.1) is 10.2 Å². The van der Waals surface area contributed by atoms with Gasteiger partial charge in [0.25, 0.3) is 0 Å². The van der Waals surface area contributed by atoms with Gasteiger partial charge in [-0.2, -0.15) is 0 Å². The zero-order valence-corrected chi connectivity index (χ0v) is 17.6. The van der Waals surface area contributed by atoms with Crippen LogP contribution in [0.5, 0.6) is 0 Å². The second kappa shape index (κ2) is 9.19. The van der Waals surface area contributed by atoms with E-state index in [1.165, 1.54) is 11.1 Å². The lowest BCUT2D eigenvalue weighted by molar-refractivity contribution is 0.107. The van der Waals surface area contributed by atoms with Crippen LogP contribution in [0.15, 0.2) is 35.6 Å². The van der Waals surface area contributed by atoms with Crippen LogP contribution in [0.4, 0.5) is 0 Å². The van der Waals surface area contributed by atoms with Crippen molar-refractivity contribution < 1.29 is 0 Å². The number of nitrogens with zero attached hydrogens (tertiary/aromatic N) is 5. The summed E-state index contributed by atoms with van der Waals surface area (Å²) in [5.41, 5.74) is 2.97. The number of hydrogen-bond acceptors (Lipinski definition) is 4. The van der Waals surface area contributed by atoms with E-state index in [1.54, 1.807) is 6.33 Å². The molecule has 0 amide bonds. The minimum Gasteiger partial charge on any atom is -0.355 e. The highest BCUT2D eigenvalue weighted by Gasteiger charge is 2.29. The molecule has 152 valence electrons. The molecule has 1 aromatic heterocycles. The lowest BCUT2D eigenvalue weighted by atomic mass is 9.94. The minimum atomic E-state index is 0.0365. The molecule has 1 aromatic carbocycles. The molecule has 2 N–H and O–H groups in total. The number of hydrogen-bond donors (Lipinski definition) is 2. The van der Waals surface area contributed by atoms with Gasteiger partial charge in [-0.3, -0.25) is 9.89 Å². The molecular weight excluding hydrogens is 350 g/mol. The largest absolute Gasteiger partial charge is 0.355 e. The number of rotatable bonds is 7. The fourth-order valence-electron chi connectivity index (χ4n) is 3.68. The quantitative estimate of drug-likeness (QED) is 0.564. The Morgan fingerprint density at radius 2 is 2.00 bits per heavy atom. The Labute approximate surface area is 168 Å². The third kappa shape index (κ3) is 4.90. The van der Waals surface area contributed by atoms with Gasteiger partial charge in [0.15, 0.2) is 5.96 Å². The zero-order chi connectivity index (χ0) is 20.0. The Bertz CT molecular complexity index is 794. The third-order valence-electron chi connectivity index (χ3n) is 5.56. The Morgan fingerprint density at radius 1 is 1.21 bits per heavy atom. The fourth-order valence-corrected chi connectivity index (χ4v) is 3.68. The van der Waals surface area contributed by atoms with Gasteiger partial charge in [-0.1, -0.05) is 31.2 Å². The second-order valence-electron chi connectivity index (χ2n) is 7.90. The molecule has 7 heteroatoms. The topological polar surface area (TPSA) is 70.4 Å². The van der Waals surface area contributed by atoms with Crippen LogP contribution in [0.3, 0.4) is 0 Å². The van der Waals surface area contributed by atoms with Gasteiger partial charge >= 0.3 is 0 Å². The van der Waals surface area contributed by atoms with E-state index in [-0.39, 0.29) is 5.54 Å². The first-order chi connectivity index (χ1) is 13.5. The van der Waals surface area contributed by atoms with Crippen molar-refractivity contribution in [3.8, 4) is 0 Å². The summed E-state index contributed by atoms with van der Waals surface area (Å²) in [5, 5.41) is 15.0. The van der Waals surface area contributed by atoms with Gasteiger partial charge in [0.1, 0.15) is 12.2 Å². The first-order valence-corrected chi connectivity index (χ1v) is 10.2. The van der Waals surface area contributed by atoms with Crippen molar-refractivity contribution in [2.45, 2.75) is 52.2 Å². The summed E-state index contributed by atoms with van der Waals surface area (Å²) in [6, 6.07) is 8.78. The summed E-state index contributed by atoms with van der Waals surface area (Å²) in [5.74, 6) is 1.84. The lowest BCUT2D eigenvalue weighted by Gasteiger charge is -2.42. The van der Waals surface area contributed by atoms with Crippen molar-refractivity contribution in [2.24, 2.45) is 4.99 Å². The van der Waals surface area contributed by atoms with Crippen molar-refractivity contribution in [1.82, 2.24) is 30.3 Å². The number of fused-ring (bicyclic) bond motifs is 1. The average Bonchev–Trinajstić information content (AvgIpc) is 3.17. The monoisotopic (exact) mass is 383 g/mol. The van der Waals surface area contributed by atoms with Crippen molar-refractivity contribution in [2.75, 3.05) is 26.7 Å². The second-order valence-corrected chi connectivity index (χ2v) is 7.90. The number of nitrogens with one attached hydrogen (secondary N) is 2. The van der Waals surface area contributed by atoms with Crippen LogP contribution in [0.2, 0.25) is 0 Å². The highest BCUT2D eigenvalue weighted by molar-refractivity contribution is 5.79. The van der Waals surface area contributed by atoms with E-state index in [1.807, 2.05) is 7.05 Å². The van der Waals surface area contributed by atoms with E-state index in [9.17, 15) is 0 Å². The summed E-state index contributed by atoms with van der Waals surface area (Å²) in [4.78, 5) is 6.92. The molecule has 2 heterocycles. The molecule has 0 spiro atoms. The number of aryl methyl sites for hydroxylation is 1. The van der Waals surface area contributed by atoms with Gasteiger partial charge in [0.05, 0.1) is 0 Å². The van der Waals surface area contributed by atoms with Gasteiger partial charge in [-0.05, 0) is 31.4 Å². The summed E-state index contributed by atoms with van der Waals surface area (Å²) in [7, 11) is 1.82. The predicted molar refractivity (Wildman–Crippen MR) is 113 cm³/mol. The summed E-state index contributed by atoms with van der Waals surface area (Å²) < 4.78 is 2.08. The molecule has 0 atom stereocenters. The van der Waals surface area contributed by atoms with E-state index < -0.39 is 0 Å². The van der Waals surface area contributed by atoms with E-state index >= 15 is 0 Å². The van der Waals surface area contributed by atoms with Gasteiger partial charge in [0.2, 0.25) is 0 Å². The van der Waals surface area contributed by atoms with Crippen LogP contribution in [-0.4, -0.2) is 57.8 Å². The molecule has 0 fully saturated rings. The molecule has 0 saturated carbocycles.